The molecule has 19 heavy (non-hydrogen) atoms. The number of rotatable bonds is 4. The smallest absolute Gasteiger partial charge is 0.128 e. The average Bonchev–Trinajstić information content (AvgIpc) is 3.01. The van der Waals surface area contributed by atoms with Crippen LogP contribution in [0, 0.1) is 23.6 Å². The first-order valence-electron chi connectivity index (χ1n) is 7.29. The second-order valence-corrected chi connectivity index (χ2v) is 6.61. The third-order valence-corrected chi connectivity index (χ3v) is 5.34. The van der Waals surface area contributed by atoms with Gasteiger partial charge in [-0.3, -0.25) is 0 Å². The second kappa shape index (κ2) is 5.41. The monoisotopic (exact) mass is 281 g/mol. The number of nitrogens with one attached hydrogen (secondary N) is 1. The third kappa shape index (κ3) is 2.66. The van der Waals surface area contributed by atoms with Crippen molar-refractivity contribution >= 4 is 11.6 Å². The van der Waals surface area contributed by atoms with E-state index in [1.807, 2.05) is 7.05 Å². The van der Waals surface area contributed by atoms with Crippen LogP contribution in [-0.4, -0.2) is 7.05 Å². The van der Waals surface area contributed by atoms with Gasteiger partial charge in [0.05, 0.1) is 0 Å². The van der Waals surface area contributed by atoms with Crippen LogP contribution in [0.25, 0.3) is 0 Å². The number of fused-ring (bicyclic) bond motifs is 2. The highest BCUT2D eigenvalue weighted by Gasteiger charge is 2.40. The molecule has 4 atom stereocenters. The van der Waals surface area contributed by atoms with Crippen molar-refractivity contribution in [2.24, 2.45) is 17.8 Å². The first-order valence-corrected chi connectivity index (χ1v) is 7.67. The van der Waals surface area contributed by atoms with Crippen LogP contribution in [0.3, 0.4) is 0 Å². The Kier molecular flexibility index (Phi) is 3.81. The number of hydrogen-bond donors (Lipinski definition) is 1. The molecule has 0 radical (unpaired) electrons. The molecule has 2 saturated carbocycles. The lowest BCUT2D eigenvalue weighted by Crippen LogP contribution is -2.23. The van der Waals surface area contributed by atoms with Gasteiger partial charge in [0, 0.05) is 16.6 Å². The van der Waals surface area contributed by atoms with Crippen molar-refractivity contribution in [1.29, 1.82) is 0 Å². The van der Waals surface area contributed by atoms with Gasteiger partial charge < -0.3 is 5.32 Å². The fraction of sp³-hybridized carbons (Fsp3) is 0.625. The molecule has 0 aromatic heterocycles. The van der Waals surface area contributed by atoms with Gasteiger partial charge in [0.25, 0.3) is 0 Å². The highest BCUT2D eigenvalue weighted by atomic mass is 35.5. The number of benzene rings is 1. The van der Waals surface area contributed by atoms with Crippen LogP contribution in [0.4, 0.5) is 4.39 Å². The van der Waals surface area contributed by atoms with E-state index < -0.39 is 0 Å². The maximum atomic E-state index is 14.0. The first-order chi connectivity index (χ1) is 9.17. The van der Waals surface area contributed by atoms with Crippen LogP contribution in [0.5, 0.6) is 0 Å². The normalized spacial score (nSPS) is 30.8. The molecule has 2 bridgehead atoms. The molecule has 104 valence electrons. The molecule has 0 spiro atoms. The Labute approximate surface area is 119 Å². The van der Waals surface area contributed by atoms with E-state index in [4.69, 9.17) is 11.6 Å². The average molecular weight is 282 g/mol. The predicted octanol–water partition coefficient (Wildman–Crippen LogP) is 4.57. The van der Waals surface area contributed by atoms with E-state index in [9.17, 15) is 4.39 Å². The molecular formula is C16H21ClFN. The molecule has 1 N–H and O–H groups in total. The maximum absolute atomic E-state index is 14.0. The van der Waals surface area contributed by atoms with Gasteiger partial charge in [0.15, 0.2) is 0 Å². The molecule has 1 aromatic carbocycles. The highest BCUT2D eigenvalue weighted by Crippen LogP contribution is 2.51. The summed E-state index contributed by atoms with van der Waals surface area (Å²) in [6.45, 7) is 0. The minimum absolute atomic E-state index is 0.0862. The second-order valence-electron chi connectivity index (χ2n) is 6.18. The van der Waals surface area contributed by atoms with Crippen molar-refractivity contribution < 1.29 is 4.39 Å². The molecule has 2 aliphatic rings. The summed E-state index contributed by atoms with van der Waals surface area (Å²) in [4.78, 5) is 0. The van der Waals surface area contributed by atoms with Crippen LogP contribution in [0.1, 0.15) is 43.7 Å². The van der Waals surface area contributed by atoms with Crippen molar-refractivity contribution in [3.8, 4) is 0 Å². The summed E-state index contributed by atoms with van der Waals surface area (Å²) in [7, 11) is 1.91. The van der Waals surface area contributed by atoms with Crippen molar-refractivity contribution in [2.75, 3.05) is 7.05 Å². The maximum Gasteiger partial charge on any atom is 0.128 e. The fourth-order valence-corrected chi connectivity index (χ4v) is 4.33. The van der Waals surface area contributed by atoms with Gasteiger partial charge in [-0.1, -0.05) is 18.0 Å². The molecule has 3 heteroatoms. The standard InChI is InChI=1S/C16H21ClFN/c1-19-16(14-9-13(17)4-5-15(14)18)8-12-7-10-2-3-11(12)6-10/h4-5,9-12,16,19H,2-3,6-8H2,1H3. The number of hydrogen-bond acceptors (Lipinski definition) is 1. The first kappa shape index (κ1) is 13.4. The summed E-state index contributed by atoms with van der Waals surface area (Å²) in [6.07, 6.45) is 6.57. The molecule has 0 amide bonds. The molecule has 2 fully saturated rings. The zero-order chi connectivity index (χ0) is 13.4. The molecular weight excluding hydrogens is 261 g/mol. The molecule has 0 aliphatic heterocycles. The third-order valence-electron chi connectivity index (χ3n) is 5.10. The predicted molar refractivity (Wildman–Crippen MR) is 76.8 cm³/mol. The Hall–Kier alpha value is -0.600. The van der Waals surface area contributed by atoms with Crippen molar-refractivity contribution in [1.82, 2.24) is 5.32 Å². The van der Waals surface area contributed by atoms with Crippen LogP contribution >= 0.6 is 11.6 Å². The summed E-state index contributed by atoms with van der Waals surface area (Å²) in [5.41, 5.74) is 0.720. The van der Waals surface area contributed by atoms with Crippen LogP contribution in [0.2, 0.25) is 5.02 Å². The molecule has 0 heterocycles. The lowest BCUT2D eigenvalue weighted by atomic mass is 9.82. The Balaban J connectivity index is 1.75. The van der Waals surface area contributed by atoms with Crippen molar-refractivity contribution in [3.05, 3.63) is 34.6 Å². The lowest BCUT2D eigenvalue weighted by molar-refractivity contribution is 0.282. The van der Waals surface area contributed by atoms with Gasteiger partial charge in [0.2, 0.25) is 0 Å². The summed E-state index contributed by atoms with van der Waals surface area (Å²) >= 11 is 6.00. The van der Waals surface area contributed by atoms with E-state index in [0.717, 1.165) is 29.7 Å². The van der Waals surface area contributed by atoms with Gasteiger partial charge in [-0.2, -0.15) is 0 Å². The van der Waals surface area contributed by atoms with Crippen LogP contribution in [-0.2, 0) is 0 Å². The molecule has 4 unspecified atom stereocenters. The van der Waals surface area contributed by atoms with E-state index >= 15 is 0 Å². The molecule has 0 saturated heterocycles. The van der Waals surface area contributed by atoms with Crippen molar-refractivity contribution in [3.63, 3.8) is 0 Å². The van der Waals surface area contributed by atoms with Gasteiger partial charge >= 0.3 is 0 Å². The largest absolute Gasteiger partial charge is 0.313 e. The summed E-state index contributed by atoms with van der Waals surface area (Å²) in [5.74, 6) is 2.43. The summed E-state index contributed by atoms with van der Waals surface area (Å²) < 4.78 is 14.0. The minimum Gasteiger partial charge on any atom is -0.313 e. The Morgan fingerprint density at radius 3 is 2.84 bits per heavy atom. The van der Waals surface area contributed by atoms with E-state index in [1.165, 1.54) is 31.7 Å². The lowest BCUT2D eigenvalue weighted by Gasteiger charge is -2.27. The van der Waals surface area contributed by atoms with Gasteiger partial charge in [-0.05, 0) is 68.7 Å². The Bertz CT molecular complexity index is 462. The van der Waals surface area contributed by atoms with Crippen LogP contribution in [0.15, 0.2) is 18.2 Å². The molecule has 3 rings (SSSR count). The summed E-state index contributed by atoms with van der Waals surface area (Å²) in [6, 6.07) is 4.95. The van der Waals surface area contributed by atoms with E-state index in [1.54, 1.807) is 12.1 Å². The zero-order valence-electron chi connectivity index (χ0n) is 11.3. The SMILES string of the molecule is CNC(CC1CC2CCC1C2)c1cc(Cl)ccc1F. The van der Waals surface area contributed by atoms with Gasteiger partial charge in [-0.15, -0.1) is 0 Å². The fourth-order valence-electron chi connectivity index (χ4n) is 4.15. The Morgan fingerprint density at radius 2 is 2.21 bits per heavy atom. The molecule has 2 aliphatic carbocycles. The quantitative estimate of drug-likeness (QED) is 0.853. The minimum atomic E-state index is -0.146. The van der Waals surface area contributed by atoms with E-state index in [-0.39, 0.29) is 11.9 Å². The molecule has 1 aromatic rings. The topological polar surface area (TPSA) is 12.0 Å². The van der Waals surface area contributed by atoms with Crippen molar-refractivity contribution in [2.45, 2.75) is 38.1 Å². The zero-order valence-corrected chi connectivity index (χ0v) is 12.1. The molecule has 1 nitrogen and oxygen atoms in total. The van der Waals surface area contributed by atoms with E-state index in [0.29, 0.717) is 5.02 Å². The van der Waals surface area contributed by atoms with Crippen LogP contribution < -0.4 is 5.32 Å². The van der Waals surface area contributed by atoms with Gasteiger partial charge in [0.1, 0.15) is 5.82 Å². The summed E-state index contributed by atoms with van der Waals surface area (Å²) in [5, 5.41) is 3.89. The number of halogens is 2. The Morgan fingerprint density at radius 1 is 1.37 bits per heavy atom. The van der Waals surface area contributed by atoms with E-state index in [2.05, 4.69) is 5.32 Å². The highest BCUT2D eigenvalue weighted by molar-refractivity contribution is 6.30. The van der Waals surface area contributed by atoms with Gasteiger partial charge in [-0.25, -0.2) is 4.39 Å².